The zero-order valence-electron chi connectivity index (χ0n) is 18.2. The number of rotatable bonds is 10. The van der Waals surface area contributed by atoms with Gasteiger partial charge in [-0.3, -0.25) is 13.9 Å². The second-order valence-corrected chi connectivity index (χ2v) is 9.65. The van der Waals surface area contributed by atoms with Gasteiger partial charge in [-0.15, -0.1) is 0 Å². The van der Waals surface area contributed by atoms with E-state index in [0.717, 1.165) is 17.0 Å². The molecule has 0 radical (unpaired) electrons. The van der Waals surface area contributed by atoms with E-state index >= 15 is 0 Å². The van der Waals surface area contributed by atoms with Crippen molar-refractivity contribution < 1.29 is 22.4 Å². The van der Waals surface area contributed by atoms with E-state index in [2.05, 4.69) is 5.32 Å². The van der Waals surface area contributed by atoms with E-state index in [-0.39, 0.29) is 23.2 Å². The van der Waals surface area contributed by atoms with Crippen LogP contribution in [0.5, 0.6) is 0 Å². The van der Waals surface area contributed by atoms with Crippen LogP contribution in [0.4, 0.5) is 10.1 Å². The maximum Gasteiger partial charge on any atom is 0.244 e. The van der Waals surface area contributed by atoms with E-state index in [4.69, 9.17) is 11.6 Å². The van der Waals surface area contributed by atoms with Gasteiger partial charge in [0.1, 0.15) is 18.4 Å². The summed E-state index contributed by atoms with van der Waals surface area (Å²) in [6.45, 7) is 3.36. The normalized spacial score (nSPS) is 12.2. The number of amides is 2. The van der Waals surface area contributed by atoms with E-state index in [1.807, 2.05) is 6.92 Å². The number of carbonyl (C=O) groups is 2. The van der Waals surface area contributed by atoms with Crippen molar-refractivity contribution in [2.75, 3.05) is 23.7 Å². The molecule has 32 heavy (non-hydrogen) atoms. The molecule has 1 unspecified atom stereocenters. The number of hydrogen-bond acceptors (Lipinski definition) is 4. The van der Waals surface area contributed by atoms with E-state index in [9.17, 15) is 22.4 Å². The number of carbonyl (C=O) groups excluding carboxylic acids is 2. The topological polar surface area (TPSA) is 86.8 Å². The molecule has 174 valence electrons. The van der Waals surface area contributed by atoms with Gasteiger partial charge in [0, 0.05) is 13.1 Å². The Balaban J connectivity index is 2.37. The van der Waals surface area contributed by atoms with Crippen molar-refractivity contribution in [1.29, 1.82) is 0 Å². The van der Waals surface area contributed by atoms with Gasteiger partial charge >= 0.3 is 0 Å². The van der Waals surface area contributed by atoms with Crippen LogP contribution in [0.3, 0.4) is 0 Å². The number of benzene rings is 2. The lowest BCUT2D eigenvalue weighted by Gasteiger charge is -2.31. The molecular weight excluding hydrogens is 457 g/mol. The number of anilines is 1. The van der Waals surface area contributed by atoms with Gasteiger partial charge < -0.3 is 10.2 Å². The molecule has 1 atom stereocenters. The molecule has 0 aliphatic rings. The van der Waals surface area contributed by atoms with Crippen molar-refractivity contribution in [2.24, 2.45) is 0 Å². The van der Waals surface area contributed by atoms with Crippen molar-refractivity contribution in [3.8, 4) is 0 Å². The fourth-order valence-electron chi connectivity index (χ4n) is 3.01. The minimum Gasteiger partial charge on any atom is -0.354 e. The van der Waals surface area contributed by atoms with Crippen LogP contribution in [-0.2, 0) is 26.2 Å². The van der Waals surface area contributed by atoms with Crippen LogP contribution < -0.4 is 9.62 Å². The number of para-hydroxylation sites is 1. The highest BCUT2D eigenvalue weighted by molar-refractivity contribution is 7.92. The second kappa shape index (κ2) is 11.3. The quantitative estimate of drug-likeness (QED) is 0.562. The zero-order valence-corrected chi connectivity index (χ0v) is 19.8. The first kappa shape index (κ1) is 25.6. The summed E-state index contributed by atoms with van der Waals surface area (Å²) in [6, 6.07) is 10.9. The van der Waals surface area contributed by atoms with Crippen molar-refractivity contribution in [2.45, 2.75) is 32.9 Å². The zero-order chi connectivity index (χ0) is 23.9. The maximum atomic E-state index is 13.3. The smallest absolute Gasteiger partial charge is 0.244 e. The Kier molecular flexibility index (Phi) is 9.03. The van der Waals surface area contributed by atoms with Gasteiger partial charge in [-0.1, -0.05) is 42.8 Å². The van der Waals surface area contributed by atoms with Crippen molar-refractivity contribution >= 4 is 39.1 Å². The largest absolute Gasteiger partial charge is 0.354 e. The molecule has 0 spiro atoms. The Morgan fingerprint density at radius 3 is 2.31 bits per heavy atom. The van der Waals surface area contributed by atoms with Gasteiger partial charge in [0.05, 0.1) is 17.0 Å². The van der Waals surface area contributed by atoms with Crippen LogP contribution in [-0.4, -0.2) is 50.5 Å². The third-order valence-electron chi connectivity index (χ3n) is 4.78. The predicted molar refractivity (Wildman–Crippen MR) is 123 cm³/mol. The number of halogens is 2. The second-order valence-electron chi connectivity index (χ2n) is 7.34. The molecule has 2 aromatic carbocycles. The highest BCUT2D eigenvalue weighted by Crippen LogP contribution is 2.27. The Labute approximate surface area is 193 Å². The first-order valence-electron chi connectivity index (χ1n) is 10.1. The summed E-state index contributed by atoms with van der Waals surface area (Å²) in [5.41, 5.74) is 0.758. The number of nitrogens with one attached hydrogen (secondary N) is 1. The summed E-state index contributed by atoms with van der Waals surface area (Å²) in [6.07, 6.45) is 1.70. The van der Waals surface area contributed by atoms with E-state index < -0.39 is 34.3 Å². The number of nitrogens with zero attached hydrogens (tertiary/aromatic N) is 2. The number of sulfonamides is 1. The molecule has 0 fully saturated rings. The summed E-state index contributed by atoms with van der Waals surface area (Å²) in [7, 11) is -3.86. The molecule has 0 aromatic heterocycles. The van der Waals surface area contributed by atoms with E-state index in [1.165, 1.54) is 41.3 Å². The molecular formula is C22H27ClFN3O4S. The monoisotopic (exact) mass is 483 g/mol. The maximum absolute atomic E-state index is 13.3. The highest BCUT2D eigenvalue weighted by atomic mass is 35.5. The number of hydrogen-bond donors (Lipinski definition) is 1. The molecule has 2 aromatic rings. The van der Waals surface area contributed by atoms with Crippen LogP contribution in [0.15, 0.2) is 48.5 Å². The molecule has 0 bridgehead atoms. The molecule has 2 rings (SSSR count). The van der Waals surface area contributed by atoms with Crippen LogP contribution in [0, 0.1) is 5.82 Å². The van der Waals surface area contributed by atoms with Crippen molar-refractivity contribution in [3.05, 3.63) is 64.9 Å². The molecule has 0 saturated heterocycles. The average molecular weight is 484 g/mol. The fourth-order valence-corrected chi connectivity index (χ4v) is 4.16. The standard InChI is InChI=1S/C22H27ClFN3O4S/c1-4-13-25-22(29)16(2)26(14-17-9-11-18(24)12-10-17)21(28)15-27(32(3,30)31)20-8-6-5-7-19(20)23/h5-12,16H,4,13-15H2,1-3H3,(H,25,29). The van der Waals surface area contributed by atoms with Crippen LogP contribution >= 0.6 is 11.6 Å². The van der Waals surface area contributed by atoms with Crippen LogP contribution in [0.1, 0.15) is 25.8 Å². The van der Waals surface area contributed by atoms with Crippen molar-refractivity contribution in [1.82, 2.24) is 10.2 Å². The third-order valence-corrected chi connectivity index (χ3v) is 6.23. The van der Waals surface area contributed by atoms with E-state index in [0.29, 0.717) is 12.1 Å². The van der Waals surface area contributed by atoms with Gasteiger partial charge in [-0.05, 0) is 43.2 Å². The minimum atomic E-state index is -3.86. The lowest BCUT2D eigenvalue weighted by Crippen LogP contribution is -2.51. The summed E-state index contributed by atoms with van der Waals surface area (Å²) in [5.74, 6) is -1.40. The Morgan fingerprint density at radius 2 is 1.75 bits per heavy atom. The lowest BCUT2D eigenvalue weighted by molar-refractivity contribution is -0.139. The molecule has 7 nitrogen and oxygen atoms in total. The SMILES string of the molecule is CCCNC(=O)C(C)N(Cc1ccc(F)cc1)C(=O)CN(c1ccccc1Cl)S(C)(=O)=O. The van der Waals surface area contributed by atoms with Gasteiger partial charge in [-0.2, -0.15) is 0 Å². The minimum absolute atomic E-state index is 0.0000509. The molecule has 0 heterocycles. The van der Waals surface area contributed by atoms with Gasteiger partial charge in [0.25, 0.3) is 0 Å². The molecule has 2 amide bonds. The molecule has 10 heteroatoms. The molecule has 1 N–H and O–H groups in total. The molecule has 0 aliphatic heterocycles. The Bertz CT molecular complexity index is 1050. The summed E-state index contributed by atoms with van der Waals surface area (Å²) in [4.78, 5) is 27.2. The predicted octanol–water partition coefficient (Wildman–Crippen LogP) is 3.19. The Hall–Kier alpha value is -2.65. The van der Waals surface area contributed by atoms with Crippen molar-refractivity contribution in [3.63, 3.8) is 0 Å². The van der Waals surface area contributed by atoms with Gasteiger partial charge in [0.2, 0.25) is 21.8 Å². The highest BCUT2D eigenvalue weighted by Gasteiger charge is 2.30. The van der Waals surface area contributed by atoms with E-state index in [1.54, 1.807) is 19.1 Å². The third kappa shape index (κ3) is 6.93. The first-order chi connectivity index (χ1) is 15.0. The molecule has 0 aliphatic carbocycles. The fraction of sp³-hybridized carbons (Fsp3) is 0.364. The average Bonchev–Trinajstić information content (AvgIpc) is 2.74. The summed E-state index contributed by atoms with van der Waals surface area (Å²) >= 11 is 6.17. The van der Waals surface area contributed by atoms with Gasteiger partial charge in [-0.25, -0.2) is 12.8 Å². The first-order valence-corrected chi connectivity index (χ1v) is 12.3. The summed E-state index contributed by atoms with van der Waals surface area (Å²) < 4.78 is 39.1. The lowest BCUT2D eigenvalue weighted by atomic mass is 10.1. The molecule has 0 saturated carbocycles. The van der Waals surface area contributed by atoms with Gasteiger partial charge in [0.15, 0.2) is 0 Å². The van der Waals surface area contributed by atoms with Crippen LogP contribution in [0.2, 0.25) is 5.02 Å². The summed E-state index contributed by atoms with van der Waals surface area (Å²) in [5, 5.41) is 2.91. The Morgan fingerprint density at radius 1 is 1.12 bits per heavy atom. The van der Waals surface area contributed by atoms with Crippen LogP contribution in [0.25, 0.3) is 0 Å².